The van der Waals surface area contributed by atoms with Crippen molar-refractivity contribution in [3.05, 3.63) is 70.3 Å². The molecular weight excluding hydrogens is 488 g/mol. The van der Waals surface area contributed by atoms with Crippen molar-refractivity contribution in [3.63, 3.8) is 0 Å². The van der Waals surface area contributed by atoms with Gasteiger partial charge in [-0.1, -0.05) is 36.8 Å². The fourth-order valence-electron chi connectivity index (χ4n) is 5.23. The van der Waals surface area contributed by atoms with Gasteiger partial charge in [0, 0.05) is 30.6 Å². The lowest BCUT2D eigenvalue weighted by Crippen LogP contribution is -2.55. The van der Waals surface area contributed by atoms with Crippen molar-refractivity contribution in [2.75, 3.05) is 20.3 Å². The van der Waals surface area contributed by atoms with Gasteiger partial charge in [-0.3, -0.25) is 9.59 Å². The molecule has 1 heterocycles. The van der Waals surface area contributed by atoms with Gasteiger partial charge in [-0.25, -0.2) is 0 Å². The predicted octanol–water partition coefficient (Wildman–Crippen LogP) is 1.95. The zero-order valence-corrected chi connectivity index (χ0v) is 22.0. The lowest BCUT2D eigenvalue weighted by molar-refractivity contribution is -0.138. The van der Waals surface area contributed by atoms with E-state index in [2.05, 4.69) is 5.32 Å². The van der Waals surface area contributed by atoms with Gasteiger partial charge in [-0.15, -0.1) is 0 Å². The summed E-state index contributed by atoms with van der Waals surface area (Å²) in [4.78, 5) is 28.3. The monoisotopic (exact) mass is 524 g/mol. The van der Waals surface area contributed by atoms with Gasteiger partial charge in [0.15, 0.2) is 11.5 Å². The Kier molecular flexibility index (Phi) is 8.71. The molecular formula is C29H36N2O7. The number of ether oxygens (including phenoxy) is 2. The van der Waals surface area contributed by atoms with Gasteiger partial charge in [-0.2, -0.15) is 0 Å². The minimum Gasteiger partial charge on any atom is -0.493 e. The first-order chi connectivity index (χ1) is 18.3. The Bertz CT molecular complexity index is 1190. The van der Waals surface area contributed by atoms with Crippen molar-refractivity contribution >= 4 is 11.8 Å². The second kappa shape index (κ2) is 12.0. The van der Waals surface area contributed by atoms with Gasteiger partial charge in [-0.05, 0) is 42.7 Å². The van der Waals surface area contributed by atoms with Crippen LogP contribution in [-0.2, 0) is 22.7 Å². The standard InChI is InChI=1S/C29H36N2O7/c1-4-5-24(34)31(15-18-8-6-17(2)7-9-18)22-14-21(29(36)30-10-11-32)25-20-12-19(16-33)13-23(37-3)27(20)38-28(25)26(22)35/h6-9,12-14,22,25-26,28,32-33,35H,4-5,10-11,15-16H2,1-3H3,(H,30,36). The van der Waals surface area contributed by atoms with Crippen LogP contribution >= 0.6 is 0 Å². The molecule has 4 rings (SSSR count). The summed E-state index contributed by atoms with van der Waals surface area (Å²) in [5.41, 5.74) is 3.52. The van der Waals surface area contributed by atoms with Crippen LogP contribution in [0.15, 0.2) is 48.0 Å². The maximum Gasteiger partial charge on any atom is 0.247 e. The van der Waals surface area contributed by atoms with Gasteiger partial charge < -0.3 is 35.0 Å². The minimum absolute atomic E-state index is 0.0519. The van der Waals surface area contributed by atoms with E-state index in [0.29, 0.717) is 34.6 Å². The molecule has 0 aromatic heterocycles. The largest absolute Gasteiger partial charge is 0.493 e. The zero-order chi connectivity index (χ0) is 27.4. The van der Waals surface area contributed by atoms with E-state index >= 15 is 0 Å². The third kappa shape index (κ3) is 5.41. The normalized spacial score (nSPS) is 21.6. The second-order valence-corrected chi connectivity index (χ2v) is 9.77. The number of aliphatic hydroxyl groups is 3. The lowest BCUT2D eigenvalue weighted by atomic mass is 9.77. The molecule has 38 heavy (non-hydrogen) atoms. The van der Waals surface area contributed by atoms with E-state index in [1.165, 1.54) is 7.11 Å². The molecule has 0 fully saturated rings. The molecule has 2 aliphatic rings. The first kappa shape index (κ1) is 27.6. The molecule has 204 valence electrons. The quantitative estimate of drug-likeness (QED) is 0.374. The molecule has 2 aromatic carbocycles. The summed E-state index contributed by atoms with van der Waals surface area (Å²) in [5.74, 6) is -0.437. The fourth-order valence-corrected chi connectivity index (χ4v) is 5.23. The molecule has 2 aromatic rings. The SMILES string of the molecule is CCCC(=O)N(Cc1ccc(C)cc1)C1C=C(C(=O)NCCO)C2c3cc(CO)cc(OC)c3OC2C1O. The van der Waals surface area contributed by atoms with Crippen LogP contribution in [0.1, 0.15) is 47.9 Å². The number of aliphatic hydroxyl groups excluding tert-OH is 3. The molecule has 0 saturated carbocycles. The average Bonchev–Trinajstić information content (AvgIpc) is 3.31. The van der Waals surface area contributed by atoms with Crippen molar-refractivity contribution < 1.29 is 34.4 Å². The maximum absolute atomic E-state index is 13.4. The highest BCUT2D eigenvalue weighted by atomic mass is 16.5. The van der Waals surface area contributed by atoms with Crippen LogP contribution < -0.4 is 14.8 Å². The van der Waals surface area contributed by atoms with E-state index in [9.17, 15) is 24.9 Å². The van der Waals surface area contributed by atoms with Crippen molar-refractivity contribution in [1.82, 2.24) is 10.2 Å². The van der Waals surface area contributed by atoms with E-state index < -0.39 is 30.1 Å². The number of hydrogen-bond donors (Lipinski definition) is 4. The van der Waals surface area contributed by atoms with Crippen LogP contribution in [0, 0.1) is 6.92 Å². The third-order valence-corrected chi connectivity index (χ3v) is 7.11. The van der Waals surface area contributed by atoms with Gasteiger partial charge >= 0.3 is 0 Å². The van der Waals surface area contributed by atoms with Crippen molar-refractivity contribution in [2.45, 2.75) is 64.0 Å². The Labute approximate surface area is 222 Å². The average molecular weight is 525 g/mol. The number of aryl methyl sites for hydroxylation is 1. The lowest BCUT2D eigenvalue weighted by Gasteiger charge is -2.41. The number of hydrogen-bond acceptors (Lipinski definition) is 7. The minimum atomic E-state index is -1.14. The number of benzene rings is 2. The number of carbonyl (C=O) groups excluding carboxylic acids is 2. The molecule has 0 saturated heterocycles. The Morgan fingerprint density at radius 2 is 1.87 bits per heavy atom. The number of fused-ring (bicyclic) bond motifs is 3. The van der Waals surface area contributed by atoms with Gasteiger partial charge in [0.05, 0.1) is 32.3 Å². The van der Waals surface area contributed by atoms with Crippen LogP contribution in [0.3, 0.4) is 0 Å². The summed E-state index contributed by atoms with van der Waals surface area (Å²) in [7, 11) is 1.48. The molecule has 0 spiro atoms. The summed E-state index contributed by atoms with van der Waals surface area (Å²) >= 11 is 0. The fraction of sp³-hybridized carbons (Fsp3) is 0.448. The van der Waals surface area contributed by atoms with Crippen LogP contribution in [0.2, 0.25) is 0 Å². The summed E-state index contributed by atoms with van der Waals surface area (Å²) in [6, 6.07) is 10.4. The van der Waals surface area contributed by atoms with E-state index in [1.807, 2.05) is 38.1 Å². The molecule has 1 aliphatic heterocycles. The summed E-state index contributed by atoms with van der Waals surface area (Å²) in [6.45, 7) is 3.74. The van der Waals surface area contributed by atoms with Crippen LogP contribution in [0.25, 0.3) is 0 Å². The highest BCUT2D eigenvalue weighted by Gasteiger charge is 2.51. The highest BCUT2D eigenvalue weighted by molar-refractivity contribution is 5.96. The topological polar surface area (TPSA) is 129 Å². The highest BCUT2D eigenvalue weighted by Crippen LogP contribution is 2.51. The molecule has 9 heteroatoms. The van der Waals surface area contributed by atoms with Gasteiger partial charge in [0.1, 0.15) is 12.2 Å². The first-order valence-corrected chi connectivity index (χ1v) is 12.9. The molecule has 4 atom stereocenters. The van der Waals surface area contributed by atoms with Crippen LogP contribution in [-0.4, -0.2) is 70.5 Å². The number of nitrogens with zero attached hydrogens (tertiary/aromatic N) is 1. The summed E-state index contributed by atoms with van der Waals surface area (Å²) < 4.78 is 11.8. The molecule has 2 amide bonds. The molecule has 0 radical (unpaired) electrons. The Balaban J connectivity index is 1.81. The summed E-state index contributed by atoms with van der Waals surface area (Å²) in [6.07, 6.45) is 0.562. The maximum atomic E-state index is 13.4. The molecule has 4 N–H and O–H groups in total. The van der Waals surface area contributed by atoms with Gasteiger partial charge in [0.25, 0.3) is 0 Å². The van der Waals surface area contributed by atoms with Gasteiger partial charge in [0.2, 0.25) is 11.8 Å². The van der Waals surface area contributed by atoms with E-state index in [1.54, 1.807) is 23.1 Å². The summed E-state index contributed by atoms with van der Waals surface area (Å²) in [5, 5.41) is 33.5. The predicted molar refractivity (Wildman–Crippen MR) is 141 cm³/mol. The molecule has 4 unspecified atom stereocenters. The molecule has 0 bridgehead atoms. The second-order valence-electron chi connectivity index (χ2n) is 9.77. The van der Waals surface area contributed by atoms with Crippen molar-refractivity contribution in [1.29, 1.82) is 0 Å². The number of methoxy groups -OCH3 is 1. The van der Waals surface area contributed by atoms with E-state index in [4.69, 9.17) is 9.47 Å². The third-order valence-electron chi connectivity index (χ3n) is 7.11. The Hall–Kier alpha value is -3.40. The zero-order valence-electron chi connectivity index (χ0n) is 22.0. The van der Waals surface area contributed by atoms with Crippen LogP contribution in [0.5, 0.6) is 11.5 Å². The van der Waals surface area contributed by atoms with Crippen LogP contribution in [0.4, 0.5) is 0 Å². The van der Waals surface area contributed by atoms with E-state index in [0.717, 1.165) is 11.1 Å². The molecule has 9 nitrogen and oxygen atoms in total. The smallest absolute Gasteiger partial charge is 0.247 e. The first-order valence-electron chi connectivity index (χ1n) is 12.9. The number of carbonyl (C=O) groups is 2. The Morgan fingerprint density at radius 3 is 2.50 bits per heavy atom. The van der Waals surface area contributed by atoms with E-state index in [-0.39, 0.29) is 38.6 Å². The number of nitrogens with one attached hydrogen (secondary N) is 1. The van der Waals surface area contributed by atoms with Crippen molar-refractivity contribution in [3.8, 4) is 11.5 Å². The number of rotatable bonds is 10. The van der Waals surface area contributed by atoms with Crippen molar-refractivity contribution in [2.24, 2.45) is 0 Å². The molecule has 1 aliphatic carbocycles. The number of amides is 2. The Morgan fingerprint density at radius 1 is 1.13 bits per heavy atom.